The minimum atomic E-state index is -0.601. The van der Waals surface area contributed by atoms with Crippen LogP contribution >= 0.6 is 11.8 Å². The summed E-state index contributed by atoms with van der Waals surface area (Å²) < 4.78 is 1.57. The van der Waals surface area contributed by atoms with Gasteiger partial charge in [-0.15, -0.1) is 6.58 Å². The minimum absolute atomic E-state index is 0.149. The Bertz CT molecular complexity index is 1360. The van der Waals surface area contributed by atoms with Gasteiger partial charge >= 0.3 is 0 Å². The topological polar surface area (TPSA) is 64.0 Å². The second-order valence-electron chi connectivity index (χ2n) is 7.89. The van der Waals surface area contributed by atoms with Gasteiger partial charge in [0.15, 0.2) is 5.16 Å². The third-order valence-corrected chi connectivity index (χ3v) is 6.44. The Morgan fingerprint density at radius 1 is 1.06 bits per heavy atom. The van der Waals surface area contributed by atoms with Gasteiger partial charge in [-0.3, -0.25) is 14.2 Å². The van der Waals surface area contributed by atoms with Crippen LogP contribution < -0.4 is 10.9 Å². The number of para-hydroxylation sites is 1. The van der Waals surface area contributed by atoms with Crippen molar-refractivity contribution >= 4 is 34.3 Å². The molecule has 1 heterocycles. The number of aryl methyl sites for hydroxylation is 2. The summed E-state index contributed by atoms with van der Waals surface area (Å²) in [4.78, 5) is 31.4. The highest BCUT2D eigenvalue weighted by atomic mass is 32.2. The molecule has 33 heavy (non-hydrogen) atoms. The number of hydrogen-bond acceptors (Lipinski definition) is 4. The van der Waals surface area contributed by atoms with Gasteiger partial charge in [0.1, 0.15) is 5.25 Å². The lowest BCUT2D eigenvalue weighted by Crippen LogP contribution is -2.25. The fraction of sp³-hybridized carbons (Fsp3) is 0.148. The van der Waals surface area contributed by atoms with Crippen molar-refractivity contribution in [1.82, 2.24) is 9.55 Å². The maximum atomic E-state index is 13.5. The first kappa shape index (κ1) is 22.6. The number of anilines is 1. The van der Waals surface area contributed by atoms with Gasteiger partial charge in [-0.2, -0.15) is 0 Å². The smallest absolute Gasteiger partial charge is 0.262 e. The van der Waals surface area contributed by atoms with Gasteiger partial charge in [0, 0.05) is 12.2 Å². The van der Waals surface area contributed by atoms with Gasteiger partial charge in [0.25, 0.3) is 5.56 Å². The van der Waals surface area contributed by atoms with Crippen molar-refractivity contribution in [2.75, 3.05) is 5.32 Å². The molecule has 0 fully saturated rings. The number of nitrogens with zero attached hydrogens (tertiary/aromatic N) is 2. The molecule has 1 unspecified atom stereocenters. The fourth-order valence-corrected chi connectivity index (χ4v) is 4.89. The normalized spacial score (nSPS) is 11.8. The highest BCUT2D eigenvalue weighted by Gasteiger charge is 2.25. The summed E-state index contributed by atoms with van der Waals surface area (Å²) in [7, 11) is 0. The van der Waals surface area contributed by atoms with Crippen LogP contribution in [0.5, 0.6) is 0 Å². The number of aromatic nitrogens is 2. The number of carbonyl (C=O) groups is 1. The monoisotopic (exact) mass is 455 g/mol. The van der Waals surface area contributed by atoms with Crippen LogP contribution in [0.15, 0.2) is 95.4 Å². The molecule has 3 aromatic carbocycles. The number of carbonyl (C=O) groups excluding carboxylic acids is 1. The fourth-order valence-electron chi connectivity index (χ4n) is 3.79. The van der Waals surface area contributed by atoms with E-state index in [9.17, 15) is 9.59 Å². The first-order valence-electron chi connectivity index (χ1n) is 10.7. The molecule has 0 radical (unpaired) electrons. The molecular formula is C27H25N3O2S. The summed E-state index contributed by atoms with van der Waals surface area (Å²) in [5.74, 6) is -0.177. The average Bonchev–Trinajstić information content (AvgIpc) is 2.79. The molecule has 0 aliphatic rings. The highest BCUT2D eigenvalue weighted by molar-refractivity contribution is 8.00. The highest BCUT2D eigenvalue weighted by Crippen LogP contribution is 2.35. The second-order valence-corrected chi connectivity index (χ2v) is 8.96. The number of fused-ring (bicyclic) bond motifs is 1. The summed E-state index contributed by atoms with van der Waals surface area (Å²) in [5, 5.41) is 3.47. The Morgan fingerprint density at radius 2 is 1.73 bits per heavy atom. The largest absolute Gasteiger partial charge is 0.325 e. The molecule has 0 saturated heterocycles. The molecule has 0 aliphatic heterocycles. The number of amides is 1. The predicted molar refractivity (Wildman–Crippen MR) is 136 cm³/mol. The number of rotatable bonds is 7. The van der Waals surface area contributed by atoms with Gasteiger partial charge in [-0.05, 0) is 54.8 Å². The Morgan fingerprint density at radius 3 is 2.42 bits per heavy atom. The van der Waals surface area contributed by atoms with Gasteiger partial charge < -0.3 is 5.32 Å². The number of benzene rings is 3. The van der Waals surface area contributed by atoms with E-state index in [1.807, 2.05) is 74.5 Å². The zero-order valence-electron chi connectivity index (χ0n) is 18.6. The molecule has 5 nitrogen and oxygen atoms in total. The van der Waals surface area contributed by atoms with E-state index in [0.717, 1.165) is 22.4 Å². The van der Waals surface area contributed by atoms with E-state index in [1.165, 1.54) is 11.8 Å². The third-order valence-electron chi connectivity index (χ3n) is 5.19. The molecule has 1 amide bonds. The molecule has 1 N–H and O–H groups in total. The van der Waals surface area contributed by atoms with Crippen LogP contribution in [0.2, 0.25) is 0 Å². The quantitative estimate of drug-likeness (QED) is 0.221. The molecule has 4 rings (SSSR count). The number of nitrogens with one attached hydrogen (secondary N) is 1. The Labute approximate surface area is 197 Å². The third kappa shape index (κ3) is 5.07. The average molecular weight is 456 g/mol. The minimum Gasteiger partial charge on any atom is -0.325 e. The molecular weight excluding hydrogens is 430 g/mol. The van der Waals surface area contributed by atoms with E-state index in [1.54, 1.807) is 16.7 Å². The summed E-state index contributed by atoms with van der Waals surface area (Å²) in [6.07, 6.45) is 1.66. The number of hydrogen-bond donors (Lipinski definition) is 1. The van der Waals surface area contributed by atoms with E-state index in [-0.39, 0.29) is 11.5 Å². The lowest BCUT2D eigenvalue weighted by molar-refractivity contribution is -0.115. The molecule has 0 spiro atoms. The van der Waals surface area contributed by atoms with Crippen LogP contribution in [0, 0.1) is 13.8 Å². The molecule has 0 aliphatic carbocycles. The molecule has 1 aromatic heterocycles. The van der Waals surface area contributed by atoms with E-state index in [2.05, 4.69) is 18.0 Å². The van der Waals surface area contributed by atoms with Crippen LogP contribution in [0.25, 0.3) is 10.9 Å². The maximum Gasteiger partial charge on any atom is 0.262 e. The summed E-state index contributed by atoms with van der Waals surface area (Å²) in [5.41, 5.74) is 4.18. The van der Waals surface area contributed by atoms with Crippen molar-refractivity contribution in [2.45, 2.75) is 30.8 Å². The lowest BCUT2D eigenvalue weighted by Gasteiger charge is -2.19. The van der Waals surface area contributed by atoms with Crippen LogP contribution in [0.3, 0.4) is 0 Å². The van der Waals surface area contributed by atoms with Crippen molar-refractivity contribution in [3.63, 3.8) is 0 Å². The standard InChI is InChI=1S/C27H25N3O2S/c1-4-14-30-26(32)22-12-8-9-13-23(22)29-27(30)33-24(20-10-6-5-7-11-20)25(31)28-21-16-18(2)15-19(3)17-21/h4-13,15-17,24H,1,14H2,2-3H3,(H,28,31). The van der Waals surface area contributed by atoms with Crippen LogP contribution in [-0.2, 0) is 11.3 Å². The lowest BCUT2D eigenvalue weighted by atomic mass is 10.1. The zero-order chi connectivity index (χ0) is 23.4. The number of allylic oxidation sites excluding steroid dienone is 1. The summed E-state index contributed by atoms with van der Waals surface area (Å²) >= 11 is 1.27. The maximum absolute atomic E-state index is 13.5. The van der Waals surface area contributed by atoms with Crippen molar-refractivity contribution in [3.8, 4) is 0 Å². The van der Waals surface area contributed by atoms with E-state index in [4.69, 9.17) is 4.98 Å². The van der Waals surface area contributed by atoms with Gasteiger partial charge in [0.2, 0.25) is 5.91 Å². The van der Waals surface area contributed by atoms with Crippen LogP contribution in [-0.4, -0.2) is 15.5 Å². The van der Waals surface area contributed by atoms with Crippen LogP contribution in [0.1, 0.15) is 21.9 Å². The van der Waals surface area contributed by atoms with E-state index >= 15 is 0 Å². The molecule has 0 saturated carbocycles. The van der Waals surface area contributed by atoms with Crippen molar-refractivity contribution in [2.24, 2.45) is 0 Å². The molecule has 0 bridgehead atoms. The van der Waals surface area contributed by atoms with Crippen LogP contribution in [0.4, 0.5) is 5.69 Å². The van der Waals surface area contributed by atoms with E-state index < -0.39 is 5.25 Å². The Balaban J connectivity index is 1.77. The van der Waals surface area contributed by atoms with Crippen molar-refractivity contribution < 1.29 is 4.79 Å². The van der Waals surface area contributed by atoms with Crippen molar-refractivity contribution in [3.05, 3.63) is 112 Å². The molecule has 4 aromatic rings. The van der Waals surface area contributed by atoms with Gasteiger partial charge in [0.05, 0.1) is 10.9 Å². The first-order chi connectivity index (χ1) is 16.0. The van der Waals surface area contributed by atoms with Gasteiger partial charge in [-0.1, -0.05) is 66.4 Å². The van der Waals surface area contributed by atoms with E-state index in [0.29, 0.717) is 22.6 Å². The summed E-state index contributed by atoms with van der Waals surface area (Å²) in [6, 6.07) is 22.7. The molecule has 1 atom stereocenters. The molecule has 166 valence electrons. The van der Waals surface area contributed by atoms with Gasteiger partial charge in [-0.25, -0.2) is 4.98 Å². The molecule has 6 heteroatoms. The SMILES string of the molecule is C=CCn1c(SC(C(=O)Nc2cc(C)cc(C)c2)c2ccccc2)nc2ccccc2c1=O. The number of thioether (sulfide) groups is 1. The Kier molecular flexibility index (Phi) is 6.75. The summed E-state index contributed by atoms with van der Waals surface area (Å²) in [6.45, 7) is 8.09. The van der Waals surface area contributed by atoms with Crippen molar-refractivity contribution in [1.29, 1.82) is 0 Å². The second kappa shape index (κ2) is 9.88. The predicted octanol–water partition coefficient (Wildman–Crippen LogP) is 5.67. The zero-order valence-corrected chi connectivity index (χ0v) is 19.4. The Hall–Kier alpha value is -3.64. The first-order valence-corrected chi connectivity index (χ1v) is 11.6.